The summed E-state index contributed by atoms with van der Waals surface area (Å²) in [6.07, 6.45) is 2.25. The molecule has 1 fully saturated rings. The number of likely N-dealkylation sites (tertiary alicyclic amines) is 1. The summed E-state index contributed by atoms with van der Waals surface area (Å²) in [4.78, 5) is 13.7. The number of amides is 1. The summed E-state index contributed by atoms with van der Waals surface area (Å²) in [6.45, 7) is 10.1. The second-order valence-corrected chi connectivity index (χ2v) is 4.90. The van der Waals surface area contributed by atoms with Gasteiger partial charge in [-0.15, -0.1) is 0 Å². The highest BCUT2D eigenvalue weighted by molar-refractivity contribution is 5.78. The molecule has 1 rings (SSSR count). The van der Waals surface area contributed by atoms with Gasteiger partial charge in [0.05, 0.1) is 0 Å². The molecule has 0 saturated carbocycles. The highest BCUT2D eigenvalue weighted by atomic mass is 16.2. The van der Waals surface area contributed by atoms with E-state index >= 15 is 0 Å². The molecule has 88 valence electrons. The largest absolute Gasteiger partial charge is 0.341 e. The maximum atomic E-state index is 11.7. The van der Waals surface area contributed by atoms with Gasteiger partial charge in [-0.1, -0.05) is 20.8 Å². The van der Waals surface area contributed by atoms with Crippen LogP contribution in [-0.2, 0) is 4.79 Å². The minimum absolute atomic E-state index is 0.132. The second kappa shape index (κ2) is 5.50. The minimum atomic E-state index is 0.132. The van der Waals surface area contributed by atoms with E-state index in [0.29, 0.717) is 18.0 Å². The average Bonchev–Trinajstić information content (AvgIpc) is 2.64. The van der Waals surface area contributed by atoms with Crippen LogP contribution in [0.1, 0.15) is 40.5 Å². The Morgan fingerprint density at radius 2 is 2.13 bits per heavy atom. The van der Waals surface area contributed by atoms with Crippen LogP contribution in [0.25, 0.3) is 0 Å². The Balaban J connectivity index is 2.35. The van der Waals surface area contributed by atoms with Gasteiger partial charge in [0, 0.05) is 31.1 Å². The van der Waals surface area contributed by atoms with Gasteiger partial charge in [0.2, 0.25) is 5.91 Å². The van der Waals surface area contributed by atoms with Crippen LogP contribution in [0.15, 0.2) is 0 Å². The molecule has 15 heavy (non-hydrogen) atoms. The van der Waals surface area contributed by atoms with Crippen LogP contribution in [-0.4, -0.2) is 36.0 Å². The molecule has 0 bridgehead atoms. The van der Waals surface area contributed by atoms with Crippen LogP contribution in [0.4, 0.5) is 0 Å². The molecule has 3 heteroatoms. The van der Waals surface area contributed by atoms with Crippen molar-refractivity contribution in [2.24, 2.45) is 5.92 Å². The molecule has 0 radical (unpaired) electrons. The lowest BCUT2D eigenvalue weighted by Crippen LogP contribution is -2.40. The molecule has 0 aliphatic carbocycles. The summed E-state index contributed by atoms with van der Waals surface area (Å²) in [5, 5.41) is 3.56. The van der Waals surface area contributed by atoms with Crippen molar-refractivity contribution in [3.05, 3.63) is 0 Å². The Kier molecular flexibility index (Phi) is 4.58. The van der Waals surface area contributed by atoms with Gasteiger partial charge in [-0.05, 0) is 19.8 Å². The monoisotopic (exact) mass is 212 g/mol. The van der Waals surface area contributed by atoms with E-state index in [0.717, 1.165) is 25.9 Å². The fraction of sp³-hybridized carbons (Fsp3) is 0.917. The molecule has 1 amide bonds. The first-order valence-electron chi connectivity index (χ1n) is 6.09. The molecule has 1 aliphatic rings. The normalized spacial score (nSPS) is 23.5. The number of hydrogen-bond acceptors (Lipinski definition) is 2. The van der Waals surface area contributed by atoms with Gasteiger partial charge in [-0.25, -0.2) is 0 Å². The molecule has 2 unspecified atom stereocenters. The van der Waals surface area contributed by atoms with Crippen molar-refractivity contribution in [2.75, 3.05) is 13.1 Å². The first-order valence-corrected chi connectivity index (χ1v) is 6.09. The minimum Gasteiger partial charge on any atom is -0.341 e. The Bertz CT molecular complexity index is 216. The van der Waals surface area contributed by atoms with Gasteiger partial charge >= 0.3 is 0 Å². The van der Waals surface area contributed by atoms with E-state index in [-0.39, 0.29) is 5.92 Å². The van der Waals surface area contributed by atoms with Crippen LogP contribution in [0.3, 0.4) is 0 Å². The topological polar surface area (TPSA) is 32.3 Å². The number of nitrogens with one attached hydrogen (secondary N) is 1. The van der Waals surface area contributed by atoms with E-state index in [1.165, 1.54) is 0 Å². The summed E-state index contributed by atoms with van der Waals surface area (Å²) in [5.74, 6) is 0.427. The van der Waals surface area contributed by atoms with Crippen LogP contribution >= 0.6 is 0 Å². The van der Waals surface area contributed by atoms with Crippen molar-refractivity contribution >= 4 is 5.91 Å². The average molecular weight is 212 g/mol. The van der Waals surface area contributed by atoms with E-state index in [4.69, 9.17) is 0 Å². The van der Waals surface area contributed by atoms with Crippen LogP contribution < -0.4 is 5.32 Å². The number of rotatable bonds is 4. The predicted octanol–water partition coefficient (Wildman–Crippen LogP) is 1.63. The van der Waals surface area contributed by atoms with Crippen LogP contribution in [0.2, 0.25) is 0 Å². The molecular weight excluding hydrogens is 188 g/mol. The van der Waals surface area contributed by atoms with Crippen LogP contribution in [0.5, 0.6) is 0 Å². The smallest absolute Gasteiger partial charge is 0.225 e. The fourth-order valence-corrected chi connectivity index (χ4v) is 1.98. The molecule has 0 spiro atoms. The van der Waals surface area contributed by atoms with Gasteiger partial charge in [0.1, 0.15) is 0 Å². The third-order valence-electron chi connectivity index (χ3n) is 3.13. The Labute approximate surface area is 93.2 Å². The third kappa shape index (κ3) is 3.49. The van der Waals surface area contributed by atoms with E-state index in [1.807, 2.05) is 18.7 Å². The zero-order chi connectivity index (χ0) is 11.4. The summed E-state index contributed by atoms with van der Waals surface area (Å²) >= 11 is 0. The maximum absolute atomic E-state index is 11.7. The zero-order valence-corrected chi connectivity index (χ0v) is 10.4. The van der Waals surface area contributed by atoms with E-state index < -0.39 is 0 Å². The molecule has 0 aromatic heterocycles. The van der Waals surface area contributed by atoms with Crippen molar-refractivity contribution in [2.45, 2.75) is 52.6 Å². The van der Waals surface area contributed by atoms with Gasteiger partial charge in [-0.2, -0.15) is 0 Å². The molecule has 1 N–H and O–H groups in total. The van der Waals surface area contributed by atoms with Crippen molar-refractivity contribution in [3.8, 4) is 0 Å². The van der Waals surface area contributed by atoms with Gasteiger partial charge in [0.25, 0.3) is 0 Å². The summed E-state index contributed by atoms with van der Waals surface area (Å²) < 4.78 is 0. The van der Waals surface area contributed by atoms with E-state index in [2.05, 4.69) is 19.2 Å². The van der Waals surface area contributed by atoms with Crippen molar-refractivity contribution < 1.29 is 4.79 Å². The second-order valence-electron chi connectivity index (χ2n) is 4.90. The predicted molar refractivity (Wildman–Crippen MR) is 62.7 cm³/mol. The van der Waals surface area contributed by atoms with Crippen molar-refractivity contribution in [3.63, 3.8) is 0 Å². The number of hydrogen-bond donors (Lipinski definition) is 1. The molecule has 3 nitrogen and oxygen atoms in total. The summed E-state index contributed by atoms with van der Waals surface area (Å²) in [5.41, 5.74) is 0. The van der Waals surface area contributed by atoms with Crippen LogP contribution in [0, 0.1) is 5.92 Å². The lowest BCUT2D eigenvalue weighted by Gasteiger charge is -2.21. The zero-order valence-electron chi connectivity index (χ0n) is 10.4. The number of carbonyl (C=O) groups excluding carboxylic acids is 1. The number of carbonyl (C=O) groups is 1. The lowest BCUT2D eigenvalue weighted by atomic mass is 10.2. The number of nitrogens with zero attached hydrogens (tertiary/aromatic N) is 1. The Morgan fingerprint density at radius 1 is 1.47 bits per heavy atom. The van der Waals surface area contributed by atoms with Crippen molar-refractivity contribution in [1.29, 1.82) is 0 Å². The Morgan fingerprint density at radius 3 is 2.67 bits per heavy atom. The quantitative estimate of drug-likeness (QED) is 0.768. The van der Waals surface area contributed by atoms with E-state index in [9.17, 15) is 4.79 Å². The molecule has 0 aromatic carbocycles. The molecular formula is C12H24N2O. The first-order chi connectivity index (χ1) is 7.04. The molecule has 1 heterocycles. The first kappa shape index (κ1) is 12.5. The summed E-state index contributed by atoms with van der Waals surface area (Å²) in [7, 11) is 0. The van der Waals surface area contributed by atoms with Gasteiger partial charge < -0.3 is 10.2 Å². The molecule has 1 aliphatic heterocycles. The van der Waals surface area contributed by atoms with E-state index in [1.54, 1.807) is 0 Å². The highest BCUT2D eigenvalue weighted by Gasteiger charge is 2.27. The maximum Gasteiger partial charge on any atom is 0.225 e. The van der Waals surface area contributed by atoms with Crippen molar-refractivity contribution in [1.82, 2.24) is 10.2 Å². The van der Waals surface area contributed by atoms with Gasteiger partial charge in [0.15, 0.2) is 0 Å². The Hall–Kier alpha value is -0.570. The van der Waals surface area contributed by atoms with Gasteiger partial charge in [-0.3, -0.25) is 4.79 Å². The highest BCUT2D eigenvalue weighted by Crippen LogP contribution is 2.13. The summed E-state index contributed by atoms with van der Waals surface area (Å²) in [6, 6.07) is 1.06. The third-order valence-corrected chi connectivity index (χ3v) is 3.13. The molecule has 2 atom stereocenters. The molecule has 0 aromatic rings. The molecule has 1 saturated heterocycles. The SMILES string of the molecule is CCC(C)NC1CCN(C(=O)C(C)C)C1. The fourth-order valence-electron chi connectivity index (χ4n) is 1.98. The standard InChI is InChI=1S/C12H24N2O/c1-5-10(4)13-11-6-7-14(8-11)12(15)9(2)3/h9-11,13H,5-8H2,1-4H3. The lowest BCUT2D eigenvalue weighted by molar-refractivity contribution is -0.133.